The van der Waals surface area contributed by atoms with Gasteiger partial charge in [0.2, 0.25) is 10.0 Å². The summed E-state index contributed by atoms with van der Waals surface area (Å²) in [6.45, 7) is 11.8. The summed E-state index contributed by atoms with van der Waals surface area (Å²) in [7, 11) is -3.66. The van der Waals surface area contributed by atoms with Crippen LogP contribution in [0.5, 0.6) is 0 Å². The lowest BCUT2D eigenvalue weighted by molar-refractivity contribution is 0.0983. The van der Waals surface area contributed by atoms with Gasteiger partial charge in [0.25, 0.3) is 5.91 Å². The molecule has 0 spiro atoms. The minimum absolute atomic E-state index is 0.179. The Hall–Kier alpha value is -2.40. The Morgan fingerprint density at radius 3 is 2.08 bits per heavy atom. The maximum Gasteiger partial charge on any atom is 0.260 e. The van der Waals surface area contributed by atoms with Gasteiger partial charge in [0, 0.05) is 31.7 Å². The third-order valence-electron chi connectivity index (χ3n) is 6.63. The normalized spacial score (nSPS) is 12.1. The fraction of sp³-hybridized carbons (Fsp3) is 0.500. The number of hydrogen-bond donors (Lipinski definition) is 0. The van der Waals surface area contributed by atoms with Gasteiger partial charge in [0.1, 0.15) is 11.3 Å². The highest BCUT2D eigenvalue weighted by Gasteiger charge is 2.26. The van der Waals surface area contributed by atoms with Gasteiger partial charge in [-0.05, 0) is 62.3 Å². The van der Waals surface area contributed by atoms with E-state index in [4.69, 9.17) is 0 Å². The quantitative estimate of drug-likeness (QED) is 0.227. The van der Waals surface area contributed by atoms with E-state index in [-0.39, 0.29) is 16.3 Å². The first-order valence-corrected chi connectivity index (χ1v) is 15.7. The molecule has 3 rings (SSSR count). The number of carbonyl (C=O) groups is 1. The number of anilines is 1. The number of hydrogen-bond acceptors (Lipinski definition) is 6. The maximum atomic E-state index is 14.4. The smallest absolute Gasteiger partial charge is 0.260 e. The van der Waals surface area contributed by atoms with Gasteiger partial charge in [-0.2, -0.15) is 4.31 Å². The highest BCUT2D eigenvalue weighted by molar-refractivity contribution is 7.89. The minimum atomic E-state index is -3.66. The van der Waals surface area contributed by atoms with Crippen molar-refractivity contribution in [3.05, 3.63) is 53.8 Å². The highest BCUT2D eigenvalue weighted by Crippen LogP contribution is 2.31. The lowest BCUT2D eigenvalue weighted by Crippen LogP contribution is -2.39. The van der Waals surface area contributed by atoms with Gasteiger partial charge in [-0.3, -0.25) is 9.69 Å². The van der Waals surface area contributed by atoms with Crippen LogP contribution in [0.2, 0.25) is 0 Å². The van der Waals surface area contributed by atoms with Gasteiger partial charge < -0.3 is 4.90 Å². The number of para-hydroxylation sites is 1. The molecule has 38 heavy (non-hydrogen) atoms. The van der Waals surface area contributed by atoms with Crippen molar-refractivity contribution in [3.63, 3.8) is 0 Å². The predicted molar refractivity (Wildman–Crippen MR) is 154 cm³/mol. The minimum Gasteiger partial charge on any atom is -0.302 e. The molecule has 0 saturated carbocycles. The number of carbonyl (C=O) groups excluding carboxylic acids is 1. The predicted octanol–water partition coefficient (Wildman–Crippen LogP) is 6.01. The Morgan fingerprint density at radius 1 is 0.895 bits per heavy atom. The molecule has 0 unspecified atom stereocenters. The molecule has 0 saturated heterocycles. The topological polar surface area (TPSA) is 73.8 Å². The fourth-order valence-corrected chi connectivity index (χ4v) is 6.70. The lowest BCUT2D eigenvalue weighted by Gasteiger charge is -2.25. The Labute approximate surface area is 230 Å². The van der Waals surface area contributed by atoms with Crippen molar-refractivity contribution < 1.29 is 17.6 Å². The SMILES string of the molecule is CCCCN(CCCC)S(=O)(=O)c1ccc(C(=O)N(CCN(CC)CC)c2nc3c(F)cccc3s2)cc1. The third kappa shape index (κ3) is 7.16. The number of unbranched alkanes of at least 4 members (excludes halogenated alkanes) is 2. The van der Waals surface area contributed by atoms with Crippen LogP contribution >= 0.6 is 11.3 Å². The molecule has 1 aromatic heterocycles. The molecule has 0 radical (unpaired) electrons. The number of aromatic nitrogens is 1. The van der Waals surface area contributed by atoms with E-state index in [0.717, 1.165) is 38.8 Å². The van der Waals surface area contributed by atoms with E-state index >= 15 is 0 Å². The first-order valence-electron chi connectivity index (χ1n) is 13.5. The monoisotopic (exact) mass is 562 g/mol. The first-order chi connectivity index (χ1) is 18.3. The standard InChI is InChI=1S/C28H39FN4O3S2/c1-5-9-18-32(19-10-6-2)38(35,36)23-16-14-22(15-17-23)27(34)33(21-20-31(7-3)8-4)28-30-26-24(29)12-11-13-25(26)37-28/h11-17H,5-10,18-21H2,1-4H3. The van der Waals surface area contributed by atoms with Crippen molar-refractivity contribution in [2.45, 2.75) is 58.3 Å². The number of halogens is 1. The molecule has 0 fully saturated rings. The first kappa shape index (κ1) is 30.1. The summed E-state index contributed by atoms with van der Waals surface area (Å²) in [6, 6.07) is 10.9. The number of thiazole rings is 1. The van der Waals surface area contributed by atoms with Crippen molar-refractivity contribution in [3.8, 4) is 0 Å². The van der Waals surface area contributed by atoms with Crippen LogP contribution in [0.25, 0.3) is 10.2 Å². The highest BCUT2D eigenvalue weighted by atomic mass is 32.2. The summed E-state index contributed by atoms with van der Waals surface area (Å²) in [5.41, 5.74) is 0.603. The maximum absolute atomic E-state index is 14.4. The zero-order valence-corrected chi connectivity index (χ0v) is 24.5. The van der Waals surface area contributed by atoms with Crippen molar-refractivity contribution in [1.29, 1.82) is 0 Å². The lowest BCUT2D eigenvalue weighted by atomic mass is 10.2. The van der Waals surface area contributed by atoms with Gasteiger partial charge in [-0.1, -0.05) is 57.9 Å². The van der Waals surface area contributed by atoms with E-state index in [9.17, 15) is 17.6 Å². The number of likely N-dealkylation sites (N-methyl/N-ethyl adjacent to an activating group) is 1. The van der Waals surface area contributed by atoms with Gasteiger partial charge >= 0.3 is 0 Å². The van der Waals surface area contributed by atoms with Crippen LogP contribution in [-0.2, 0) is 10.0 Å². The van der Waals surface area contributed by atoms with Crippen LogP contribution in [0.15, 0.2) is 47.4 Å². The largest absolute Gasteiger partial charge is 0.302 e. The van der Waals surface area contributed by atoms with Crippen molar-refractivity contribution in [1.82, 2.24) is 14.2 Å². The number of benzene rings is 2. The van der Waals surface area contributed by atoms with E-state index in [1.165, 1.54) is 29.5 Å². The molecule has 0 aliphatic carbocycles. The molecule has 7 nitrogen and oxygen atoms in total. The number of fused-ring (bicyclic) bond motifs is 1. The second-order valence-electron chi connectivity index (χ2n) is 9.20. The molecule has 2 aromatic carbocycles. The Morgan fingerprint density at radius 2 is 1.53 bits per heavy atom. The summed E-state index contributed by atoms with van der Waals surface area (Å²) >= 11 is 1.27. The number of nitrogens with zero attached hydrogens (tertiary/aromatic N) is 4. The van der Waals surface area contributed by atoms with Crippen LogP contribution < -0.4 is 4.90 Å². The number of amides is 1. The van der Waals surface area contributed by atoms with Crippen LogP contribution in [0, 0.1) is 5.82 Å². The molecular weight excluding hydrogens is 523 g/mol. The van der Waals surface area contributed by atoms with Gasteiger partial charge in [-0.15, -0.1) is 0 Å². The molecule has 1 amide bonds. The van der Waals surface area contributed by atoms with E-state index in [1.54, 1.807) is 33.5 Å². The average molecular weight is 563 g/mol. The number of rotatable bonds is 15. The third-order valence-corrected chi connectivity index (χ3v) is 9.59. The second-order valence-corrected chi connectivity index (χ2v) is 12.1. The average Bonchev–Trinajstić information content (AvgIpc) is 3.36. The molecule has 0 aliphatic rings. The van der Waals surface area contributed by atoms with Crippen LogP contribution in [0.1, 0.15) is 63.7 Å². The molecule has 3 aromatic rings. The Bertz CT molecular complexity index is 1280. The van der Waals surface area contributed by atoms with Crippen molar-refractivity contribution >= 4 is 42.6 Å². The molecule has 0 bridgehead atoms. The van der Waals surface area contributed by atoms with Gasteiger partial charge in [-0.25, -0.2) is 17.8 Å². The summed E-state index contributed by atoms with van der Waals surface area (Å²) in [4.78, 5) is 22.1. The fourth-order valence-electron chi connectivity index (χ4n) is 4.18. The van der Waals surface area contributed by atoms with Gasteiger partial charge in [0.05, 0.1) is 9.60 Å². The van der Waals surface area contributed by atoms with E-state index in [1.807, 2.05) is 13.8 Å². The van der Waals surface area contributed by atoms with Crippen molar-refractivity contribution in [2.75, 3.05) is 44.2 Å². The summed E-state index contributed by atoms with van der Waals surface area (Å²) in [6.07, 6.45) is 3.41. The molecule has 0 N–H and O–H groups in total. The van der Waals surface area contributed by atoms with Gasteiger partial charge in [0.15, 0.2) is 5.13 Å². The molecular formula is C28H39FN4O3S2. The van der Waals surface area contributed by atoms with Crippen LogP contribution in [-0.4, -0.2) is 67.8 Å². The Kier molecular flexibility index (Phi) is 11.2. The van der Waals surface area contributed by atoms with Crippen LogP contribution in [0.4, 0.5) is 9.52 Å². The van der Waals surface area contributed by atoms with E-state index in [0.29, 0.717) is 41.6 Å². The van der Waals surface area contributed by atoms with Crippen molar-refractivity contribution in [2.24, 2.45) is 0 Å². The molecule has 10 heteroatoms. The molecule has 1 heterocycles. The van der Waals surface area contributed by atoms with Crippen LogP contribution in [0.3, 0.4) is 0 Å². The Balaban J connectivity index is 1.91. The second kappa shape index (κ2) is 14.1. The van der Waals surface area contributed by atoms with E-state index < -0.39 is 15.8 Å². The zero-order valence-electron chi connectivity index (χ0n) is 22.8. The molecule has 0 atom stereocenters. The molecule has 0 aliphatic heterocycles. The zero-order chi connectivity index (χ0) is 27.7. The number of sulfonamides is 1. The molecule has 208 valence electrons. The summed E-state index contributed by atoms with van der Waals surface area (Å²) < 4.78 is 43.2. The summed E-state index contributed by atoms with van der Waals surface area (Å²) in [5.74, 6) is -0.721. The summed E-state index contributed by atoms with van der Waals surface area (Å²) in [5, 5.41) is 0.421. The van der Waals surface area contributed by atoms with E-state index in [2.05, 4.69) is 23.7 Å².